The topological polar surface area (TPSA) is 78.7 Å². The lowest BCUT2D eigenvalue weighted by Gasteiger charge is -2.35. The van der Waals surface area contributed by atoms with E-state index in [0.29, 0.717) is 18.8 Å². The minimum absolute atomic E-state index is 0.00585. The van der Waals surface area contributed by atoms with Crippen molar-refractivity contribution in [2.75, 3.05) is 38.0 Å². The molecule has 1 amide bonds. The van der Waals surface area contributed by atoms with Gasteiger partial charge in [0.1, 0.15) is 0 Å². The molecule has 1 saturated heterocycles. The summed E-state index contributed by atoms with van der Waals surface area (Å²) in [6.45, 7) is 4.01. The maximum atomic E-state index is 12.5. The summed E-state index contributed by atoms with van der Waals surface area (Å²) in [6.07, 6.45) is 0. The summed E-state index contributed by atoms with van der Waals surface area (Å²) < 4.78 is 0. The van der Waals surface area contributed by atoms with Crippen molar-refractivity contribution in [3.63, 3.8) is 0 Å². The minimum Gasteiger partial charge on any atom is -0.376 e. The third-order valence-electron chi connectivity index (χ3n) is 5.50. The van der Waals surface area contributed by atoms with E-state index in [2.05, 4.69) is 52.7 Å². The number of benzene rings is 3. The summed E-state index contributed by atoms with van der Waals surface area (Å²) in [4.78, 5) is 27.2. The van der Waals surface area contributed by atoms with Crippen LogP contribution in [0.15, 0.2) is 66.7 Å². The van der Waals surface area contributed by atoms with Gasteiger partial charge in [-0.2, -0.15) is 0 Å². The molecule has 4 rings (SSSR count). The summed E-state index contributed by atoms with van der Waals surface area (Å²) in [7, 11) is 0. The second-order valence-corrected chi connectivity index (χ2v) is 7.46. The summed E-state index contributed by atoms with van der Waals surface area (Å²) in [5, 5.41) is 16.4. The smallest absolute Gasteiger partial charge is 0.271 e. The molecule has 1 fully saturated rings. The zero-order chi connectivity index (χ0) is 20.9. The van der Waals surface area contributed by atoms with Gasteiger partial charge >= 0.3 is 0 Å². The maximum absolute atomic E-state index is 12.5. The fourth-order valence-corrected chi connectivity index (χ4v) is 3.85. The van der Waals surface area contributed by atoms with Gasteiger partial charge in [-0.25, -0.2) is 0 Å². The molecule has 30 heavy (non-hydrogen) atoms. The number of nitro benzene ring substituents is 1. The number of amides is 1. The number of rotatable bonds is 6. The van der Waals surface area contributed by atoms with E-state index in [0.717, 1.165) is 19.6 Å². The average Bonchev–Trinajstić information content (AvgIpc) is 2.78. The fourth-order valence-electron chi connectivity index (χ4n) is 3.85. The number of nitro groups is 1. The zero-order valence-electron chi connectivity index (χ0n) is 16.7. The van der Waals surface area contributed by atoms with Crippen molar-refractivity contribution in [1.82, 2.24) is 9.80 Å². The highest BCUT2D eigenvalue weighted by Crippen LogP contribution is 2.21. The van der Waals surface area contributed by atoms with Gasteiger partial charge in [0.25, 0.3) is 5.69 Å². The van der Waals surface area contributed by atoms with Crippen LogP contribution in [0.4, 0.5) is 11.4 Å². The van der Waals surface area contributed by atoms with Crippen LogP contribution in [-0.4, -0.2) is 53.4 Å². The van der Waals surface area contributed by atoms with Crippen LogP contribution in [0.3, 0.4) is 0 Å². The zero-order valence-corrected chi connectivity index (χ0v) is 16.7. The Morgan fingerprint density at radius 2 is 1.70 bits per heavy atom. The van der Waals surface area contributed by atoms with Gasteiger partial charge in [-0.15, -0.1) is 0 Å². The summed E-state index contributed by atoms with van der Waals surface area (Å²) in [5.41, 5.74) is 1.89. The van der Waals surface area contributed by atoms with Crippen molar-refractivity contribution in [1.29, 1.82) is 0 Å². The molecule has 7 heteroatoms. The van der Waals surface area contributed by atoms with Crippen molar-refractivity contribution in [2.24, 2.45) is 0 Å². The van der Waals surface area contributed by atoms with Gasteiger partial charge in [0, 0.05) is 50.5 Å². The molecule has 0 spiro atoms. The lowest BCUT2D eigenvalue weighted by Crippen LogP contribution is -2.49. The van der Waals surface area contributed by atoms with Crippen LogP contribution < -0.4 is 5.32 Å². The van der Waals surface area contributed by atoms with Crippen LogP contribution in [0, 0.1) is 10.1 Å². The van der Waals surface area contributed by atoms with Gasteiger partial charge < -0.3 is 10.2 Å². The van der Waals surface area contributed by atoms with Crippen LogP contribution in [0.25, 0.3) is 10.8 Å². The Bertz CT molecular complexity index is 1060. The monoisotopic (exact) mass is 404 g/mol. The molecule has 1 aliphatic heterocycles. The van der Waals surface area contributed by atoms with E-state index in [1.54, 1.807) is 12.1 Å². The predicted octanol–water partition coefficient (Wildman–Crippen LogP) is 3.50. The van der Waals surface area contributed by atoms with Gasteiger partial charge in [-0.1, -0.05) is 48.5 Å². The molecule has 0 atom stereocenters. The van der Waals surface area contributed by atoms with E-state index in [1.165, 1.54) is 28.5 Å². The number of hydrogen-bond acceptors (Lipinski definition) is 5. The third kappa shape index (κ3) is 4.58. The molecule has 3 aromatic carbocycles. The molecule has 154 valence electrons. The molecule has 1 aliphatic rings. The van der Waals surface area contributed by atoms with Gasteiger partial charge in [-0.3, -0.25) is 19.8 Å². The summed E-state index contributed by atoms with van der Waals surface area (Å²) in [5.74, 6) is 0.00585. The fraction of sp³-hybridized carbons (Fsp3) is 0.261. The lowest BCUT2D eigenvalue weighted by molar-refractivity contribution is -0.384. The first kappa shape index (κ1) is 19.8. The Kier molecular flexibility index (Phi) is 5.90. The second kappa shape index (κ2) is 8.92. The maximum Gasteiger partial charge on any atom is 0.271 e. The first-order chi connectivity index (χ1) is 14.6. The van der Waals surface area contributed by atoms with Gasteiger partial charge in [0.15, 0.2) is 0 Å². The normalized spacial score (nSPS) is 14.6. The lowest BCUT2D eigenvalue weighted by atomic mass is 10.0. The number of non-ortho nitro benzene ring substituents is 1. The molecular formula is C23H24N4O3. The minimum atomic E-state index is -0.442. The largest absolute Gasteiger partial charge is 0.376 e. The quantitative estimate of drug-likeness (QED) is 0.502. The first-order valence-electron chi connectivity index (χ1n) is 10.1. The summed E-state index contributed by atoms with van der Waals surface area (Å²) in [6, 6.07) is 21.0. The molecule has 1 N–H and O–H groups in total. The molecule has 0 bridgehead atoms. The Morgan fingerprint density at radius 1 is 0.967 bits per heavy atom. The van der Waals surface area contributed by atoms with Gasteiger partial charge in [-0.05, 0) is 22.4 Å². The number of hydrogen-bond donors (Lipinski definition) is 1. The van der Waals surface area contributed by atoms with Crippen molar-refractivity contribution >= 4 is 28.1 Å². The van der Waals surface area contributed by atoms with E-state index >= 15 is 0 Å². The van der Waals surface area contributed by atoms with Gasteiger partial charge in [0.2, 0.25) is 5.91 Å². The van der Waals surface area contributed by atoms with Crippen LogP contribution in [0.5, 0.6) is 0 Å². The number of carbonyl (C=O) groups excluding carboxylic acids is 1. The number of nitrogens with zero attached hydrogens (tertiary/aromatic N) is 3. The number of anilines is 1. The molecule has 0 radical (unpaired) electrons. The molecule has 0 unspecified atom stereocenters. The van der Waals surface area contributed by atoms with E-state index in [-0.39, 0.29) is 18.1 Å². The highest BCUT2D eigenvalue weighted by molar-refractivity contribution is 5.85. The Morgan fingerprint density at radius 3 is 2.50 bits per heavy atom. The molecule has 7 nitrogen and oxygen atoms in total. The number of carbonyl (C=O) groups is 1. The van der Waals surface area contributed by atoms with E-state index in [9.17, 15) is 14.9 Å². The van der Waals surface area contributed by atoms with Crippen LogP contribution in [0.2, 0.25) is 0 Å². The predicted molar refractivity (Wildman–Crippen MR) is 117 cm³/mol. The molecule has 3 aromatic rings. The van der Waals surface area contributed by atoms with E-state index < -0.39 is 4.92 Å². The van der Waals surface area contributed by atoms with E-state index in [1.807, 2.05) is 4.90 Å². The third-order valence-corrected chi connectivity index (χ3v) is 5.50. The SMILES string of the molecule is O=C(CNc1cccc([N+](=O)[O-])c1)N1CCN(Cc2cccc3ccccc23)CC1. The van der Waals surface area contributed by atoms with Gasteiger partial charge in [0.05, 0.1) is 11.5 Å². The van der Waals surface area contributed by atoms with E-state index in [4.69, 9.17) is 0 Å². The Labute approximate surface area is 175 Å². The second-order valence-electron chi connectivity index (χ2n) is 7.46. The van der Waals surface area contributed by atoms with Crippen molar-refractivity contribution in [3.8, 4) is 0 Å². The van der Waals surface area contributed by atoms with Crippen molar-refractivity contribution < 1.29 is 9.72 Å². The molecule has 0 aromatic heterocycles. The number of nitrogens with one attached hydrogen (secondary N) is 1. The molecule has 0 aliphatic carbocycles. The Hall–Kier alpha value is -3.45. The van der Waals surface area contributed by atoms with Crippen LogP contribution in [0.1, 0.15) is 5.56 Å². The van der Waals surface area contributed by atoms with Crippen molar-refractivity contribution in [2.45, 2.75) is 6.54 Å². The Balaban J connectivity index is 1.29. The standard InChI is InChI=1S/C23H24N4O3/c28-23(16-24-20-8-4-9-21(15-20)27(29)30)26-13-11-25(12-14-26)17-19-7-3-6-18-5-1-2-10-22(18)19/h1-10,15,24H,11-14,16-17H2. The first-order valence-corrected chi connectivity index (χ1v) is 10.1. The number of piperazine rings is 1. The van der Waals surface area contributed by atoms with Crippen LogP contribution in [-0.2, 0) is 11.3 Å². The van der Waals surface area contributed by atoms with Crippen LogP contribution >= 0.6 is 0 Å². The molecular weight excluding hydrogens is 380 g/mol. The molecule has 1 heterocycles. The average molecular weight is 404 g/mol. The highest BCUT2D eigenvalue weighted by atomic mass is 16.6. The van der Waals surface area contributed by atoms with Crippen molar-refractivity contribution in [3.05, 3.63) is 82.4 Å². The summed E-state index contributed by atoms with van der Waals surface area (Å²) >= 11 is 0. The molecule has 0 saturated carbocycles. The highest BCUT2D eigenvalue weighted by Gasteiger charge is 2.21. The number of fused-ring (bicyclic) bond motifs is 1.